The Kier molecular flexibility index (Phi) is 4.17. The average Bonchev–Trinajstić information content (AvgIpc) is 2.57. The van der Waals surface area contributed by atoms with Gasteiger partial charge in [0.15, 0.2) is 0 Å². The molecule has 3 aromatic carbocycles. The molecule has 118 valence electrons. The number of aromatic carboxylic acids is 1. The summed E-state index contributed by atoms with van der Waals surface area (Å²) < 4.78 is 5.88. The molecule has 4 nitrogen and oxygen atoms in total. The van der Waals surface area contributed by atoms with Gasteiger partial charge in [0.05, 0.1) is 11.7 Å². The molecule has 0 aliphatic rings. The SMILES string of the molecule is CCC(O)COc1c2ccccc2cc2ccc(C(=O)O)cc12. The van der Waals surface area contributed by atoms with Gasteiger partial charge < -0.3 is 14.9 Å². The van der Waals surface area contributed by atoms with E-state index in [1.165, 1.54) is 0 Å². The minimum Gasteiger partial charge on any atom is -0.490 e. The van der Waals surface area contributed by atoms with Crippen molar-refractivity contribution in [1.82, 2.24) is 0 Å². The molecule has 0 spiro atoms. The predicted molar refractivity (Wildman–Crippen MR) is 90.2 cm³/mol. The normalized spacial score (nSPS) is 12.4. The molecule has 0 radical (unpaired) electrons. The van der Waals surface area contributed by atoms with Gasteiger partial charge in [-0.25, -0.2) is 4.79 Å². The lowest BCUT2D eigenvalue weighted by Gasteiger charge is -2.15. The second-order valence-corrected chi connectivity index (χ2v) is 5.54. The summed E-state index contributed by atoms with van der Waals surface area (Å²) in [6.45, 7) is 2.06. The fourth-order valence-electron chi connectivity index (χ4n) is 2.61. The van der Waals surface area contributed by atoms with Crippen molar-refractivity contribution in [2.24, 2.45) is 0 Å². The first kappa shape index (κ1) is 15.3. The van der Waals surface area contributed by atoms with Gasteiger partial charge in [-0.05, 0) is 35.4 Å². The number of hydrogen-bond donors (Lipinski definition) is 2. The van der Waals surface area contributed by atoms with Crippen LogP contribution in [-0.2, 0) is 0 Å². The maximum Gasteiger partial charge on any atom is 0.335 e. The van der Waals surface area contributed by atoms with Gasteiger partial charge in [0.2, 0.25) is 0 Å². The molecule has 0 aliphatic carbocycles. The Morgan fingerprint density at radius 3 is 2.57 bits per heavy atom. The summed E-state index contributed by atoms with van der Waals surface area (Å²) in [6.07, 6.45) is 0.0509. The van der Waals surface area contributed by atoms with E-state index < -0.39 is 12.1 Å². The van der Waals surface area contributed by atoms with Crippen molar-refractivity contribution in [3.8, 4) is 5.75 Å². The number of carbonyl (C=O) groups is 1. The lowest BCUT2D eigenvalue weighted by atomic mass is 10.00. The summed E-state index contributed by atoms with van der Waals surface area (Å²) >= 11 is 0. The van der Waals surface area contributed by atoms with Gasteiger partial charge in [0.25, 0.3) is 0 Å². The van der Waals surface area contributed by atoms with Gasteiger partial charge >= 0.3 is 5.97 Å². The first-order chi connectivity index (χ1) is 11.1. The Bertz CT molecular complexity index is 870. The van der Waals surface area contributed by atoms with Crippen LogP contribution in [0.25, 0.3) is 21.5 Å². The van der Waals surface area contributed by atoms with Crippen LogP contribution < -0.4 is 4.74 Å². The summed E-state index contributed by atoms with van der Waals surface area (Å²) in [5, 5.41) is 22.6. The van der Waals surface area contributed by atoms with E-state index in [0.717, 1.165) is 21.5 Å². The third-order valence-electron chi connectivity index (χ3n) is 3.95. The quantitative estimate of drug-likeness (QED) is 0.703. The Hall–Kier alpha value is -2.59. The molecule has 3 rings (SSSR count). The molecule has 0 amide bonds. The molecule has 0 aromatic heterocycles. The summed E-state index contributed by atoms with van der Waals surface area (Å²) in [7, 11) is 0. The summed E-state index contributed by atoms with van der Waals surface area (Å²) in [6, 6.07) is 14.8. The topological polar surface area (TPSA) is 66.8 Å². The van der Waals surface area contributed by atoms with Crippen molar-refractivity contribution in [1.29, 1.82) is 0 Å². The maximum absolute atomic E-state index is 11.3. The van der Waals surface area contributed by atoms with Crippen LogP contribution in [0, 0.1) is 0 Å². The minimum atomic E-state index is -0.973. The number of rotatable bonds is 5. The number of ether oxygens (including phenoxy) is 1. The van der Waals surface area contributed by atoms with Crippen LogP contribution in [0.15, 0.2) is 48.5 Å². The second-order valence-electron chi connectivity index (χ2n) is 5.54. The fraction of sp³-hybridized carbons (Fsp3) is 0.211. The minimum absolute atomic E-state index is 0.177. The highest BCUT2D eigenvalue weighted by atomic mass is 16.5. The van der Waals surface area contributed by atoms with Crippen LogP contribution in [0.3, 0.4) is 0 Å². The van der Waals surface area contributed by atoms with E-state index in [-0.39, 0.29) is 12.2 Å². The molecule has 0 fully saturated rings. The van der Waals surface area contributed by atoms with Gasteiger partial charge in [0.1, 0.15) is 12.4 Å². The van der Waals surface area contributed by atoms with E-state index in [4.69, 9.17) is 4.74 Å². The predicted octanol–water partition coefficient (Wildman–Crippen LogP) is 3.84. The van der Waals surface area contributed by atoms with E-state index in [9.17, 15) is 15.0 Å². The number of benzene rings is 3. The highest BCUT2D eigenvalue weighted by molar-refractivity contribution is 6.07. The standard InChI is InChI=1S/C19H18O4/c1-2-15(20)11-23-18-16-6-4-3-5-12(16)9-13-7-8-14(19(21)22)10-17(13)18/h3-10,15,20H,2,11H2,1H3,(H,21,22). The number of hydrogen-bond acceptors (Lipinski definition) is 3. The number of carboxylic acids is 1. The number of aliphatic hydroxyl groups is 1. The molecule has 1 unspecified atom stereocenters. The average molecular weight is 310 g/mol. The van der Waals surface area contributed by atoms with Gasteiger partial charge in [-0.15, -0.1) is 0 Å². The smallest absolute Gasteiger partial charge is 0.335 e. The highest BCUT2D eigenvalue weighted by Gasteiger charge is 2.13. The Labute approximate surface area is 133 Å². The Morgan fingerprint density at radius 1 is 1.09 bits per heavy atom. The van der Waals surface area contributed by atoms with Crippen molar-refractivity contribution < 1.29 is 19.7 Å². The number of carboxylic acid groups (broad SMARTS) is 1. The van der Waals surface area contributed by atoms with Crippen LogP contribution in [0.2, 0.25) is 0 Å². The van der Waals surface area contributed by atoms with Crippen molar-refractivity contribution in [3.05, 3.63) is 54.1 Å². The van der Waals surface area contributed by atoms with Gasteiger partial charge in [0, 0.05) is 10.8 Å². The number of fused-ring (bicyclic) bond motifs is 2. The third kappa shape index (κ3) is 2.98. The van der Waals surface area contributed by atoms with Gasteiger partial charge in [-0.3, -0.25) is 0 Å². The molecule has 0 aliphatic heterocycles. The monoisotopic (exact) mass is 310 g/mol. The largest absolute Gasteiger partial charge is 0.490 e. The van der Waals surface area contributed by atoms with Crippen molar-refractivity contribution in [3.63, 3.8) is 0 Å². The first-order valence-electron chi connectivity index (χ1n) is 7.60. The van der Waals surface area contributed by atoms with Crippen molar-refractivity contribution in [2.45, 2.75) is 19.4 Å². The van der Waals surface area contributed by atoms with Crippen LogP contribution in [-0.4, -0.2) is 28.9 Å². The molecule has 0 heterocycles. The Balaban J connectivity index is 2.23. The molecule has 23 heavy (non-hydrogen) atoms. The van der Waals surface area contributed by atoms with Crippen LogP contribution >= 0.6 is 0 Å². The van der Waals surface area contributed by atoms with Crippen molar-refractivity contribution in [2.75, 3.05) is 6.61 Å². The van der Waals surface area contributed by atoms with Crippen LogP contribution in [0.1, 0.15) is 23.7 Å². The Morgan fingerprint density at radius 2 is 1.83 bits per heavy atom. The molecule has 3 aromatic rings. The van der Waals surface area contributed by atoms with Gasteiger partial charge in [-0.2, -0.15) is 0 Å². The van der Waals surface area contributed by atoms with Crippen LogP contribution in [0.4, 0.5) is 0 Å². The van der Waals surface area contributed by atoms with Crippen LogP contribution in [0.5, 0.6) is 5.75 Å². The third-order valence-corrected chi connectivity index (χ3v) is 3.95. The van der Waals surface area contributed by atoms with E-state index in [1.54, 1.807) is 18.2 Å². The molecule has 2 N–H and O–H groups in total. The molecule has 0 saturated heterocycles. The highest BCUT2D eigenvalue weighted by Crippen LogP contribution is 2.35. The lowest BCUT2D eigenvalue weighted by Crippen LogP contribution is -2.16. The lowest BCUT2D eigenvalue weighted by molar-refractivity contribution is 0.0697. The summed E-state index contributed by atoms with van der Waals surface area (Å²) in [5.74, 6) is -0.353. The summed E-state index contributed by atoms with van der Waals surface area (Å²) in [5.41, 5.74) is 0.216. The van der Waals surface area contributed by atoms with E-state index >= 15 is 0 Å². The van der Waals surface area contributed by atoms with Gasteiger partial charge in [-0.1, -0.05) is 37.3 Å². The molecular weight excluding hydrogens is 292 g/mol. The molecule has 0 saturated carbocycles. The maximum atomic E-state index is 11.3. The summed E-state index contributed by atoms with van der Waals surface area (Å²) in [4.78, 5) is 11.3. The first-order valence-corrected chi connectivity index (χ1v) is 7.60. The van der Waals surface area contributed by atoms with E-state index in [2.05, 4.69) is 0 Å². The molecule has 0 bridgehead atoms. The van der Waals surface area contributed by atoms with E-state index in [1.807, 2.05) is 37.3 Å². The zero-order chi connectivity index (χ0) is 16.4. The zero-order valence-electron chi connectivity index (χ0n) is 12.8. The zero-order valence-corrected chi connectivity index (χ0v) is 12.8. The fourth-order valence-corrected chi connectivity index (χ4v) is 2.61. The second kappa shape index (κ2) is 6.26. The number of aliphatic hydroxyl groups excluding tert-OH is 1. The molecule has 1 atom stereocenters. The van der Waals surface area contributed by atoms with E-state index in [0.29, 0.717) is 12.2 Å². The molecular formula is C19H18O4. The van der Waals surface area contributed by atoms with Crippen molar-refractivity contribution >= 4 is 27.5 Å². The molecule has 4 heteroatoms.